The Bertz CT molecular complexity index is 1400. The van der Waals surface area contributed by atoms with E-state index in [1.165, 1.54) is 0 Å². The lowest BCUT2D eigenvalue weighted by molar-refractivity contribution is -0.289. The third-order valence-corrected chi connectivity index (χ3v) is 5.60. The third-order valence-electron chi connectivity index (χ3n) is 5.60. The zero-order chi connectivity index (χ0) is 26.1. The van der Waals surface area contributed by atoms with Gasteiger partial charge in [0.1, 0.15) is 5.75 Å². The van der Waals surface area contributed by atoms with Crippen molar-refractivity contribution >= 4 is 16.9 Å². The maximum Gasteiger partial charge on any atom is 0.458 e. The van der Waals surface area contributed by atoms with E-state index in [-0.39, 0.29) is 16.6 Å². The van der Waals surface area contributed by atoms with Gasteiger partial charge in [-0.1, -0.05) is 49.4 Å². The number of alkyl halides is 5. The highest BCUT2D eigenvalue weighted by molar-refractivity contribution is 6.04. The van der Waals surface area contributed by atoms with Gasteiger partial charge < -0.3 is 9.84 Å². The van der Waals surface area contributed by atoms with Gasteiger partial charge >= 0.3 is 18.1 Å². The molecule has 0 saturated heterocycles. The number of benzene rings is 3. The fourth-order valence-corrected chi connectivity index (χ4v) is 3.71. The maximum absolute atomic E-state index is 13.8. The lowest BCUT2D eigenvalue weighted by Gasteiger charge is -2.20. The largest absolute Gasteiger partial charge is 0.494 e. The van der Waals surface area contributed by atoms with Gasteiger partial charge in [-0.3, -0.25) is 0 Å². The summed E-state index contributed by atoms with van der Waals surface area (Å²) < 4.78 is 71.6. The molecule has 1 N–H and O–H groups in total. The summed E-state index contributed by atoms with van der Waals surface area (Å²) in [5, 5.41) is 9.32. The fourth-order valence-electron chi connectivity index (χ4n) is 3.71. The van der Waals surface area contributed by atoms with Crippen LogP contribution < -0.4 is 4.74 Å². The predicted octanol–water partition coefficient (Wildman–Crippen LogP) is 7.71. The number of hydrogen-bond donors (Lipinski definition) is 1. The van der Waals surface area contributed by atoms with Crippen LogP contribution in [0, 0.1) is 0 Å². The van der Waals surface area contributed by atoms with Crippen molar-refractivity contribution in [1.29, 1.82) is 0 Å². The van der Waals surface area contributed by atoms with Gasteiger partial charge in [-0.05, 0) is 47.9 Å². The summed E-state index contributed by atoms with van der Waals surface area (Å²) >= 11 is 0. The van der Waals surface area contributed by atoms with Crippen LogP contribution in [0.4, 0.5) is 22.0 Å². The normalized spacial score (nSPS) is 12.1. The van der Waals surface area contributed by atoms with Crippen molar-refractivity contribution in [1.82, 2.24) is 4.98 Å². The lowest BCUT2D eigenvalue weighted by atomic mass is 9.98. The van der Waals surface area contributed by atoms with Gasteiger partial charge in [-0.2, -0.15) is 22.0 Å². The Hall–Kier alpha value is -4.01. The average molecular weight is 501 g/mol. The van der Waals surface area contributed by atoms with Crippen LogP contribution in [0.15, 0.2) is 72.8 Å². The third kappa shape index (κ3) is 4.86. The smallest absolute Gasteiger partial charge is 0.458 e. The van der Waals surface area contributed by atoms with E-state index in [1.807, 2.05) is 43.3 Å². The second-order valence-corrected chi connectivity index (χ2v) is 8.11. The number of carboxylic acid groups (broad SMARTS) is 1. The van der Waals surface area contributed by atoms with E-state index in [0.29, 0.717) is 24.3 Å². The molecule has 0 atom stereocenters. The summed E-state index contributed by atoms with van der Waals surface area (Å²) in [6, 6.07) is 17.9. The molecular weight excluding hydrogens is 481 g/mol. The molecule has 0 saturated carbocycles. The number of carboxylic acids is 1. The van der Waals surface area contributed by atoms with Crippen molar-refractivity contribution in [2.45, 2.75) is 25.4 Å². The van der Waals surface area contributed by atoms with Crippen LogP contribution >= 0.6 is 0 Å². The Morgan fingerprint density at radius 2 is 1.44 bits per heavy atom. The van der Waals surface area contributed by atoms with Gasteiger partial charge in [0.2, 0.25) is 0 Å². The summed E-state index contributed by atoms with van der Waals surface area (Å²) in [6.45, 7) is 2.64. The molecule has 4 rings (SSSR count). The maximum atomic E-state index is 13.8. The Morgan fingerprint density at radius 3 is 2.00 bits per heavy atom. The molecule has 4 aromatic rings. The Labute approximate surface area is 203 Å². The molecule has 0 bridgehead atoms. The standard InChI is InChI=1S/C27H20F5NO3/c1-2-13-36-20-10-7-17(8-11-20)16-3-5-18(6-4-16)24-15-22(25(34)35)21-14-19(9-12-23(21)33-24)26(28,29)27(30,31)32/h3-12,14-15H,2,13H2,1H3,(H,34,35). The highest BCUT2D eigenvalue weighted by atomic mass is 19.4. The molecule has 0 radical (unpaired) electrons. The number of ether oxygens (including phenoxy) is 1. The van der Waals surface area contributed by atoms with E-state index in [0.717, 1.165) is 35.4 Å². The minimum atomic E-state index is -5.82. The molecule has 1 heterocycles. The van der Waals surface area contributed by atoms with Crippen molar-refractivity contribution in [3.05, 3.63) is 83.9 Å². The predicted molar refractivity (Wildman–Crippen MR) is 125 cm³/mol. The van der Waals surface area contributed by atoms with Crippen LogP contribution in [0.3, 0.4) is 0 Å². The molecule has 0 aliphatic heterocycles. The SMILES string of the molecule is CCCOc1ccc(-c2ccc(-c3cc(C(=O)O)c4cc(C(F)(F)C(F)(F)F)ccc4n3)cc2)cc1. The second kappa shape index (κ2) is 9.56. The first-order chi connectivity index (χ1) is 17.0. The van der Waals surface area contributed by atoms with E-state index in [1.54, 1.807) is 12.1 Å². The van der Waals surface area contributed by atoms with E-state index in [4.69, 9.17) is 4.74 Å². The second-order valence-electron chi connectivity index (χ2n) is 8.11. The summed E-state index contributed by atoms with van der Waals surface area (Å²) in [5.41, 5.74) is 0.816. The molecule has 0 fully saturated rings. The molecular formula is C27H20F5NO3. The zero-order valence-electron chi connectivity index (χ0n) is 18.9. The summed E-state index contributed by atoms with van der Waals surface area (Å²) in [4.78, 5) is 16.2. The molecule has 4 nitrogen and oxygen atoms in total. The highest BCUT2D eigenvalue weighted by Crippen LogP contribution is 2.44. The number of pyridine rings is 1. The van der Waals surface area contributed by atoms with Gasteiger partial charge in [0.05, 0.1) is 23.4 Å². The summed E-state index contributed by atoms with van der Waals surface area (Å²) in [5.74, 6) is -5.85. The number of hydrogen-bond acceptors (Lipinski definition) is 3. The van der Waals surface area contributed by atoms with E-state index >= 15 is 0 Å². The van der Waals surface area contributed by atoms with Gasteiger partial charge in [0, 0.05) is 16.5 Å². The number of halogens is 5. The molecule has 1 aromatic heterocycles. The van der Waals surface area contributed by atoms with E-state index in [9.17, 15) is 31.9 Å². The van der Waals surface area contributed by atoms with Crippen molar-refractivity contribution in [3.63, 3.8) is 0 Å². The minimum Gasteiger partial charge on any atom is -0.494 e. The molecule has 186 valence electrons. The molecule has 3 aromatic carbocycles. The number of aromatic carboxylic acids is 1. The van der Waals surface area contributed by atoms with Gasteiger partial charge in [-0.15, -0.1) is 0 Å². The molecule has 0 amide bonds. The number of nitrogens with zero attached hydrogens (tertiary/aromatic N) is 1. The Morgan fingerprint density at radius 1 is 0.861 bits per heavy atom. The number of aromatic nitrogens is 1. The first kappa shape index (κ1) is 25.1. The molecule has 0 aliphatic rings. The molecule has 0 aliphatic carbocycles. The molecule has 9 heteroatoms. The quantitative estimate of drug-likeness (QED) is 0.264. The Balaban J connectivity index is 1.69. The molecule has 0 spiro atoms. The molecule has 36 heavy (non-hydrogen) atoms. The van der Waals surface area contributed by atoms with Gasteiger partial charge in [0.15, 0.2) is 0 Å². The summed E-state index contributed by atoms with van der Waals surface area (Å²) in [6.07, 6.45) is -4.92. The van der Waals surface area contributed by atoms with Gasteiger partial charge in [-0.25, -0.2) is 9.78 Å². The van der Waals surface area contributed by atoms with Crippen LogP contribution in [-0.4, -0.2) is 28.8 Å². The van der Waals surface area contributed by atoms with E-state index in [2.05, 4.69) is 4.98 Å². The molecule has 0 unspecified atom stereocenters. The van der Waals surface area contributed by atoms with Crippen LogP contribution in [-0.2, 0) is 5.92 Å². The fraction of sp³-hybridized carbons (Fsp3) is 0.185. The minimum absolute atomic E-state index is 0.0154. The number of rotatable bonds is 7. The van der Waals surface area contributed by atoms with Crippen LogP contribution in [0.5, 0.6) is 5.75 Å². The summed E-state index contributed by atoms with van der Waals surface area (Å²) in [7, 11) is 0. The van der Waals surface area contributed by atoms with Crippen molar-refractivity contribution in [2.75, 3.05) is 6.61 Å². The van der Waals surface area contributed by atoms with Crippen molar-refractivity contribution < 1.29 is 36.6 Å². The first-order valence-electron chi connectivity index (χ1n) is 11.0. The van der Waals surface area contributed by atoms with Crippen LogP contribution in [0.2, 0.25) is 0 Å². The van der Waals surface area contributed by atoms with Crippen molar-refractivity contribution in [3.8, 4) is 28.1 Å². The average Bonchev–Trinajstić information content (AvgIpc) is 2.86. The van der Waals surface area contributed by atoms with Crippen molar-refractivity contribution in [2.24, 2.45) is 0 Å². The highest BCUT2D eigenvalue weighted by Gasteiger charge is 2.58. The zero-order valence-corrected chi connectivity index (χ0v) is 18.9. The topological polar surface area (TPSA) is 59.4 Å². The Kier molecular flexibility index (Phi) is 6.67. The first-order valence-corrected chi connectivity index (χ1v) is 11.0. The van der Waals surface area contributed by atoms with Crippen LogP contribution in [0.1, 0.15) is 29.3 Å². The number of fused-ring (bicyclic) bond motifs is 1. The van der Waals surface area contributed by atoms with Gasteiger partial charge in [0.25, 0.3) is 0 Å². The number of carbonyl (C=O) groups is 1. The monoisotopic (exact) mass is 501 g/mol. The lowest BCUT2D eigenvalue weighted by Crippen LogP contribution is -2.33. The van der Waals surface area contributed by atoms with Crippen LogP contribution in [0.25, 0.3) is 33.3 Å². The van der Waals surface area contributed by atoms with E-state index < -0.39 is 29.2 Å².